The van der Waals surface area contributed by atoms with Crippen molar-refractivity contribution in [3.63, 3.8) is 0 Å². The first-order valence-electron chi connectivity index (χ1n) is 18.2. The lowest BCUT2D eigenvalue weighted by Crippen LogP contribution is -2.58. The fourth-order valence-corrected chi connectivity index (χ4v) is 5.53. The molecule has 0 aromatic rings. The van der Waals surface area contributed by atoms with Gasteiger partial charge in [-0.2, -0.15) is 0 Å². The molecule has 1 fully saturated rings. The Hall–Kier alpha value is -5.34. The number of likely N-dealkylation sites (tertiary alicyclic amines) is 1. The molecule has 21 nitrogen and oxygen atoms in total. The van der Waals surface area contributed by atoms with Crippen LogP contribution in [0.2, 0.25) is 0 Å². The molecule has 0 aliphatic carbocycles. The zero-order valence-electron chi connectivity index (χ0n) is 32.5. The smallest absolute Gasteiger partial charge is 0.325 e. The van der Waals surface area contributed by atoms with Crippen LogP contribution in [0.1, 0.15) is 80.6 Å². The molecule has 0 saturated carbocycles. The number of hydrogen-bond donors (Lipinski definition) is 10. The number of carboxylic acid groups (broad SMARTS) is 1. The van der Waals surface area contributed by atoms with Crippen molar-refractivity contribution in [1.82, 2.24) is 42.1 Å². The molecule has 12 N–H and O–H groups in total. The summed E-state index contributed by atoms with van der Waals surface area (Å²) in [5.41, 5.74) is 10.6. The molecule has 310 valence electrons. The quantitative estimate of drug-likeness (QED) is 0.0504. The van der Waals surface area contributed by atoms with Crippen LogP contribution in [0.5, 0.6) is 0 Å². The largest absolute Gasteiger partial charge is 0.480 e. The van der Waals surface area contributed by atoms with Gasteiger partial charge in [0, 0.05) is 13.0 Å². The van der Waals surface area contributed by atoms with Gasteiger partial charge in [-0.15, -0.1) is 0 Å². The molecule has 1 saturated heterocycles. The second-order valence-electron chi connectivity index (χ2n) is 14.2. The van der Waals surface area contributed by atoms with E-state index in [0.717, 1.165) is 0 Å². The molecule has 7 atom stereocenters. The summed E-state index contributed by atoms with van der Waals surface area (Å²) in [6, 6.07) is -8.01. The van der Waals surface area contributed by atoms with E-state index in [1.807, 2.05) is 13.8 Å². The topological polar surface area (TPSA) is 330 Å². The van der Waals surface area contributed by atoms with Crippen molar-refractivity contribution in [2.24, 2.45) is 23.3 Å². The van der Waals surface area contributed by atoms with Crippen LogP contribution in [-0.4, -0.2) is 131 Å². The van der Waals surface area contributed by atoms with Gasteiger partial charge in [-0.05, 0) is 58.3 Å². The zero-order chi connectivity index (χ0) is 42.2. The predicted molar refractivity (Wildman–Crippen MR) is 196 cm³/mol. The number of nitrogens with zero attached hydrogens (tertiary/aromatic N) is 1. The van der Waals surface area contributed by atoms with Crippen molar-refractivity contribution in [2.75, 3.05) is 19.6 Å². The first-order valence-corrected chi connectivity index (χ1v) is 18.2. The average Bonchev–Trinajstić information content (AvgIpc) is 3.60. The molecule has 0 spiro atoms. The number of carbonyl (C=O) groups excluding carboxylic acids is 9. The molecule has 0 radical (unpaired) electrons. The Kier molecular flexibility index (Phi) is 19.7. The average molecular weight is 783 g/mol. The molecule has 1 rings (SSSR count). The zero-order valence-corrected chi connectivity index (χ0v) is 32.5. The number of amides is 9. The Balaban J connectivity index is 2.87. The lowest BCUT2D eigenvalue weighted by molar-refractivity contribution is -0.144. The number of aliphatic carboxylic acids is 1. The monoisotopic (exact) mass is 782 g/mol. The molecule has 0 bridgehead atoms. The Labute approximate surface area is 319 Å². The van der Waals surface area contributed by atoms with E-state index in [1.165, 1.54) is 25.7 Å². The lowest BCUT2D eigenvalue weighted by atomic mass is 10.00. The van der Waals surface area contributed by atoms with Gasteiger partial charge in [-0.3, -0.25) is 47.9 Å². The molecule has 9 amide bonds. The number of carbonyl (C=O) groups is 10. The van der Waals surface area contributed by atoms with Crippen molar-refractivity contribution in [3.05, 3.63) is 0 Å². The molecular formula is C34H58N10O11. The second kappa shape index (κ2) is 22.8. The minimum Gasteiger partial charge on any atom is -0.480 e. The maximum Gasteiger partial charge on any atom is 0.325 e. The molecule has 0 unspecified atom stereocenters. The molecule has 1 aliphatic rings. The fraction of sp³-hybridized carbons (Fsp3) is 0.706. The van der Waals surface area contributed by atoms with Crippen molar-refractivity contribution >= 4 is 59.1 Å². The van der Waals surface area contributed by atoms with Crippen LogP contribution in [0.4, 0.5) is 0 Å². The van der Waals surface area contributed by atoms with Gasteiger partial charge in [0.05, 0.1) is 13.1 Å². The molecule has 21 heteroatoms. The number of hydrogen-bond acceptors (Lipinski definition) is 11. The number of primary amides is 1. The van der Waals surface area contributed by atoms with E-state index in [1.54, 1.807) is 13.8 Å². The minimum atomic E-state index is -1.38. The van der Waals surface area contributed by atoms with E-state index in [0.29, 0.717) is 6.42 Å². The summed E-state index contributed by atoms with van der Waals surface area (Å²) < 4.78 is 0. The van der Waals surface area contributed by atoms with Crippen LogP contribution in [0, 0.1) is 11.8 Å². The van der Waals surface area contributed by atoms with Crippen LogP contribution < -0.4 is 48.7 Å². The maximum atomic E-state index is 13.3. The van der Waals surface area contributed by atoms with E-state index in [-0.39, 0.29) is 44.7 Å². The highest BCUT2D eigenvalue weighted by Gasteiger charge is 2.38. The van der Waals surface area contributed by atoms with Crippen LogP contribution in [0.15, 0.2) is 0 Å². The highest BCUT2D eigenvalue weighted by atomic mass is 16.4. The first-order chi connectivity index (χ1) is 25.6. The third-order valence-corrected chi connectivity index (χ3v) is 8.59. The predicted octanol–water partition coefficient (Wildman–Crippen LogP) is -3.93. The Morgan fingerprint density at radius 3 is 1.87 bits per heavy atom. The van der Waals surface area contributed by atoms with Gasteiger partial charge in [0.2, 0.25) is 53.2 Å². The summed E-state index contributed by atoms with van der Waals surface area (Å²) in [6.45, 7) is 10.2. The molecule has 0 aromatic carbocycles. The molecule has 55 heavy (non-hydrogen) atoms. The summed E-state index contributed by atoms with van der Waals surface area (Å²) in [5, 5.41) is 26.2. The Morgan fingerprint density at radius 2 is 1.33 bits per heavy atom. The fourth-order valence-electron chi connectivity index (χ4n) is 5.53. The maximum absolute atomic E-state index is 13.3. The van der Waals surface area contributed by atoms with E-state index < -0.39 is 114 Å². The SMILES string of the molecule is CC(C)C[C@H](NC(=O)CN)C(=O)N[C@H](C(=O)NCC(=O)N[C@@H](C)C(=O)N[C@@H](CCC(N)=O)C(=O)N[C@@H](C)C(=O)N1CCC[C@H]1C(=O)N[C@@H](C)C(=O)O)C(C)C. The third-order valence-electron chi connectivity index (χ3n) is 8.59. The van der Waals surface area contributed by atoms with E-state index in [9.17, 15) is 47.9 Å². The lowest BCUT2D eigenvalue weighted by Gasteiger charge is -2.28. The van der Waals surface area contributed by atoms with Gasteiger partial charge in [0.25, 0.3) is 0 Å². The normalized spacial score (nSPS) is 17.1. The van der Waals surface area contributed by atoms with Gasteiger partial charge in [0.15, 0.2) is 0 Å². The Morgan fingerprint density at radius 1 is 0.709 bits per heavy atom. The molecule has 1 heterocycles. The number of nitrogens with one attached hydrogen (secondary N) is 7. The summed E-state index contributed by atoms with van der Waals surface area (Å²) in [4.78, 5) is 127. The molecule has 0 aromatic heterocycles. The summed E-state index contributed by atoms with van der Waals surface area (Å²) in [7, 11) is 0. The highest BCUT2D eigenvalue weighted by molar-refractivity contribution is 5.97. The van der Waals surface area contributed by atoms with Crippen molar-refractivity contribution in [2.45, 2.75) is 123 Å². The van der Waals surface area contributed by atoms with E-state index in [4.69, 9.17) is 16.6 Å². The van der Waals surface area contributed by atoms with Crippen LogP contribution >= 0.6 is 0 Å². The van der Waals surface area contributed by atoms with E-state index in [2.05, 4.69) is 37.2 Å². The third kappa shape index (κ3) is 16.3. The van der Waals surface area contributed by atoms with Crippen molar-refractivity contribution in [1.29, 1.82) is 0 Å². The van der Waals surface area contributed by atoms with E-state index >= 15 is 0 Å². The summed E-state index contributed by atoms with van der Waals surface area (Å²) in [6.07, 6.45) is 0.433. The van der Waals surface area contributed by atoms with Crippen LogP contribution in [0.25, 0.3) is 0 Å². The standard InChI is InChI=1S/C34H58N10O11/c1-16(2)13-22(41-25(46)14-35)30(50)43-27(17(3)4)32(52)37-15-26(47)38-18(5)28(48)42-21(10-11-24(36)45)29(49)39-19(6)33(53)44-12-8-9-23(44)31(51)40-20(7)34(54)55/h16-23,27H,8-15,35H2,1-7H3,(H2,36,45)(H,37,52)(H,38,47)(H,39,49)(H,40,51)(H,41,46)(H,42,48)(H,43,50)(H,54,55)/t18-,19-,20-,21-,22-,23-,27-/m0/s1. The highest BCUT2D eigenvalue weighted by Crippen LogP contribution is 2.19. The number of rotatable bonds is 22. The number of carboxylic acids is 1. The van der Waals surface area contributed by atoms with Crippen LogP contribution in [-0.2, 0) is 47.9 Å². The second-order valence-corrected chi connectivity index (χ2v) is 14.2. The minimum absolute atomic E-state index is 0.0240. The Bertz CT molecular complexity index is 1440. The van der Waals surface area contributed by atoms with Gasteiger partial charge in [-0.25, -0.2) is 0 Å². The summed E-state index contributed by atoms with van der Waals surface area (Å²) in [5.74, 6) is -8.09. The molecule has 1 aliphatic heterocycles. The van der Waals surface area contributed by atoms with Crippen LogP contribution in [0.3, 0.4) is 0 Å². The van der Waals surface area contributed by atoms with Gasteiger partial charge in [-0.1, -0.05) is 27.7 Å². The first kappa shape index (κ1) is 47.7. The van der Waals surface area contributed by atoms with Crippen molar-refractivity contribution in [3.8, 4) is 0 Å². The molecular weight excluding hydrogens is 724 g/mol. The summed E-state index contributed by atoms with van der Waals surface area (Å²) >= 11 is 0. The van der Waals surface area contributed by atoms with Gasteiger partial charge < -0.3 is 58.7 Å². The van der Waals surface area contributed by atoms with Gasteiger partial charge >= 0.3 is 5.97 Å². The van der Waals surface area contributed by atoms with Crippen molar-refractivity contribution < 1.29 is 53.1 Å². The van der Waals surface area contributed by atoms with Gasteiger partial charge in [0.1, 0.15) is 42.3 Å². The number of nitrogens with two attached hydrogens (primary N) is 2.